The van der Waals surface area contributed by atoms with Crippen molar-refractivity contribution in [1.29, 1.82) is 0 Å². The lowest BCUT2D eigenvalue weighted by atomic mass is 10.0. The molecule has 2 amide bonds. The van der Waals surface area contributed by atoms with Gasteiger partial charge in [-0.15, -0.1) is 0 Å². The van der Waals surface area contributed by atoms with E-state index in [9.17, 15) is 9.59 Å². The van der Waals surface area contributed by atoms with Crippen LogP contribution in [0.25, 0.3) is 0 Å². The summed E-state index contributed by atoms with van der Waals surface area (Å²) in [6.07, 6.45) is 0. The molecule has 24 heavy (non-hydrogen) atoms. The van der Waals surface area contributed by atoms with E-state index in [2.05, 4.69) is 5.32 Å². The smallest absolute Gasteiger partial charge is 0.271 e. The second-order valence-electron chi connectivity index (χ2n) is 6.03. The summed E-state index contributed by atoms with van der Waals surface area (Å²) >= 11 is 6.03. The van der Waals surface area contributed by atoms with Crippen LogP contribution in [0.3, 0.4) is 0 Å². The summed E-state index contributed by atoms with van der Waals surface area (Å²) in [4.78, 5) is 26.4. The van der Waals surface area contributed by atoms with Gasteiger partial charge in [0.2, 0.25) is 5.91 Å². The molecule has 0 radical (unpaired) electrons. The first kappa shape index (κ1) is 16.3. The predicted molar refractivity (Wildman–Crippen MR) is 93.6 cm³/mol. The van der Waals surface area contributed by atoms with Crippen LogP contribution in [0.4, 0.5) is 11.4 Å². The fourth-order valence-electron chi connectivity index (χ4n) is 2.56. The number of fused-ring (bicyclic) bond motifs is 1. The molecule has 0 spiro atoms. The lowest BCUT2D eigenvalue weighted by Crippen LogP contribution is -2.54. The summed E-state index contributed by atoms with van der Waals surface area (Å²) in [5, 5.41) is 3.25. The number of nitrogens with one attached hydrogen (secondary N) is 1. The number of amides is 2. The molecule has 5 nitrogen and oxygen atoms in total. The number of hydrogen-bond donors (Lipinski definition) is 1. The number of benzene rings is 2. The van der Waals surface area contributed by atoms with Crippen LogP contribution in [0.5, 0.6) is 5.75 Å². The van der Waals surface area contributed by atoms with Crippen LogP contribution in [0.2, 0.25) is 5.02 Å². The van der Waals surface area contributed by atoms with Gasteiger partial charge in [-0.3, -0.25) is 14.5 Å². The third-order valence-electron chi connectivity index (χ3n) is 3.70. The highest BCUT2D eigenvalue weighted by molar-refractivity contribution is 6.31. The average Bonchev–Trinajstić information content (AvgIpc) is 2.53. The molecule has 0 fully saturated rings. The van der Waals surface area contributed by atoms with Gasteiger partial charge in [-0.25, -0.2) is 0 Å². The highest BCUT2D eigenvalue weighted by Crippen LogP contribution is 2.39. The van der Waals surface area contributed by atoms with Crippen molar-refractivity contribution in [2.24, 2.45) is 0 Å². The minimum Gasteiger partial charge on any atom is -0.476 e. The van der Waals surface area contributed by atoms with Crippen molar-refractivity contribution in [1.82, 2.24) is 0 Å². The summed E-state index contributed by atoms with van der Waals surface area (Å²) in [7, 11) is 0. The third kappa shape index (κ3) is 3.21. The van der Waals surface area contributed by atoms with E-state index in [1.807, 2.05) is 18.2 Å². The molecule has 0 aromatic heterocycles. The van der Waals surface area contributed by atoms with E-state index in [-0.39, 0.29) is 18.4 Å². The van der Waals surface area contributed by atoms with Gasteiger partial charge < -0.3 is 10.1 Å². The highest BCUT2D eigenvalue weighted by atomic mass is 35.5. The van der Waals surface area contributed by atoms with Crippen molar-refractivity contribution in [3.05, 3.63) is 53.6 Å². The maximum absolute atomic E-state index is 12.7. The number of ether oxygens (including phenoxy) is 1. The first-order chi connectivity index (χ1) is 11.4. The fourth-order valence-corrected chi connectivity index (χ4v) is 2.73. The maximum Gasteiger partial charge on any atom is 0.271 e. The Bertz CT molecular complexity index is 790. The van der Waals surface area contributed by atoms with Gasteiger partial charge in [-0.1, -0.05) is 29.8 Å². The van der Waals surface area contributed by atoms with Crippen LogP contribution in [0, 0.1) is 0 Å². The fraction of sp³-hybridized carbons (Fsp3) is 0.222. The Morgan fingerprint density at radius 1 is 1.21 bits per heavy atom. The molecule has 0 saturated heterocycles. The van der Waals surface area contributed by atoms with Gasteiger partial charge in [-0.05, 0) is 44.2 Å². The van der Waals surface area contributed by atoms with Gasteiger partial charge in [0.05, 0.1) is 5.69 Å². The molecule has 3 rings (SSSR count). The molecule has 0 unspecified atom stereocenters. The van der Waals surface area contributed by atoms with Crippen molar-refractivity contribution < 1.29 is 14.3 Å². The Kier molecular flexibility index (Phi) is 4.20. The predicted octanol–water partition coefficient (Wildman–Crippen LogP) is 3.48. The van der Waals surface area contributed by atoms with Crippen molar-refractivity contribution in [3.63, 3.8) is 0 Å². The second-order valence-corrected chi connectivity index (χ2v) is 6.47. The Hall–Kier alpha value is -2.53. The van der Waals surface area contributed by atoms with E-state index in [1.165, 1.54) is 4.90 Å². The molecule has 1 aliphatic heterocycles. The molecule has 124 valence electrons. The van der Waals surface area contributed by atoms with Gasteiger partial charge in [-0.2, -0.15) is 0 Å². The number of anilines is 2. The quantitative estimate of drug-likeness (QED) is 0.927. The molecule has 0 bridgehead atoms. The van der Waals surface area contributed by atoms with Gasteiger partial charge in [0.15, 0.2) is 5.60 Å². The van der Waals surface area contributed by atoms with Crippen LogP contribution in [-0.2, 0) is 9.59 Å². The monoisotopic (exact) mass is 344 g/mol. The number of carbonyl (C=O) groups is 2. The molecule has 1 N–H and O–H groups in total. The number of nitrogens with zero attached hydrogens (tertiary/aromatic N) is 1. The molecule has 0 atom stereocenters. The maximum atomic E-state index is 12.7. The number of halogens is 1. The highest BCUT2D eigenvalue weighted by Gasteiger charge is 2.41. The van der Waals surface area contributed by atoms with Crippen molar-refractivity contribution >= 4 is 34.8 Å². The van der Waals surface area contributed by atoms with E-state index in [0.717, 1.165) is 0 Å². The SMILES string of the molecule is CC1(C)Oc2ccc(Cl)cc2N(CC(=O)Nc2ccccc2)C1=O. The van der Waals surface area contributed by atoms with E-state index in [4.69, 9.17) is 16.3 Å². The lowest BCUT2D eigenvalue weighted by molar-refractivity contribution is -0.133. The Balaban J connectivity index is 1.87. The van der Waals surface area contributed by atoms with Crippen molar-refractivity contribution in [2.45, 2.75) is 19.4 Å². The van der Waals surface area contributed by atoms with Crippen LogP contribution in [0.1, 0.15) is 13.8 Å². The molecule has 0 saturated carbocycles. The largest absolute Gasteiger partial charge is 0.476 e. The Labute approximate surface area is 145 Å². The topological polar surface area (TPSA) is 58.6 Å². The van der Waals surface area contributed by atoms with Gasteiger partial charge in [0.25, 0.3) is 5.91 Å². The molecule has 2 aromatic rings. The molecular formula is C18H17ClN2O3. The van der Waals surface area contributed by atoms with E-state index in [1.54, 1.807) is 44.2 Å². The summed E-state index contributed by atoms with van der Waals surface area (Å²) in [6, 6.07) is 14.1. The van der Waals surface area contributed by atoms with Crippen LogP contribution < -0.4 is 15.0 Å². The number of carbonyl (C=O) groups excluding carboxylic acids is 2. The zero-order valence-electron chi connectivity index (χ0n) is 13.4. The van der Waals surface area contributed by atoms with Crippen LogP contribution >= 0.6 is 11.6 Å². The van der Waals surface area contributed by atoms with Crippen molar-refractivity contribution in [2.75, 3.05) is 16.8 Å². The molecule has 6 heteroatoms. The molecular weight excluding hydrogens is 328 g/mol. The van der Waals surface area contributed by atoms with E-state index < -0.39 is 5.60 Å². The zero-order chi connectivity index (χ0) is 17.3. The van der Waals surface area contributed by atoms with Crippen LogP contribution in [0.15, 0.2) is 48.5 Å². The zero-order valence-corrected chi connectivity index (χ0v) is 14.1. The molecule has 2 aromatic carbocycles. The third-order valence-corrected chi connectivity index (χ3v) is 3.93. The lowest BCUT2D eigenvalue weighted by Gasteiger charge is -2.38. The van der Waals surface area contributed by atoms with Gasteiger partial charge in [0, 0.05) is 10.7 Å². The van der Waals surface area contributed by atoms with E-state index >= 15 is 0 Å². The average molecular weight is 345 g/mol. The van der Waals surface area contributed by atoms with Crippen LogP contribution in [-0.4, -0.2) is 24.0 Å². The van der Waals surface area contributed by atoms with E-state index in [0.29, 0.717) is 22.1 Å². The molecule has 0 aliphatic carbocycles. The summed E-state index contributed by atoms with van der Waals surface area (Å²) in [5.74, 6) is -0.0600. The Morgan fingerprint density at radius 2 is 1.92 bits per heavy atom. The van der Waals surface area contributed by atoms with Crippen molar-refractivity contribution in [3.8, 4) is 5.75 Å². The number of hydrogen-bond acceptors (Lipinski definition) is 3. The summed E-state index contributed by atoms with van der Waals surface area (Å²) in [6.45, 7) is 3.23. The Morgan fingerprint density at radius 3 is 2.62 bits per heavy atom. The second kappa shape index (κ2) is 6.17. The van der Waals surface area contributed by atoms with Gasteiger partial charge >= 0.3 is 0 Å². The first-order valence-electron chi connectivity index (χ1n) is 7.52. The minimum absolute atomic E-state index is 0.117. The van der Waals surface area contributed by atoms with Gasteiger partial charge in [0.1, 0.15) is 12.3 Å². The molecule has 1 heterocycles. The first-order valence-corrected chi connectivity index (χ1v) is 7.90. The standard InChI is InChI=1S/C18H17ClN2O3/c1-18(2)17(23)21(14-10-12(19)8-9-15(14)24-18)11-16(22)20-13-6-4-3-5-7-13/h3-10H,11H2,1-2H3,(H,20,22). The minimum atomic E-state index is -1.05. The summed E-state index contributed by atoms with van der Waals surface area (Å²) in [5.41, 5.74) is 0.122. The number of para-hydroxylation sites is 1. The number of rotatable bonds is 3. The summed E-state index contributed by atoms with van der Waals surface area (Å²) < 4.78 is 5.74. The molecule has 1 aliphatic rings. The normalized spacial score (nSPS) is 15.5.